The molecule has 0 amide bonds. The summed E-state index contributed by atoms with van der Waals surface area (Å²) in [4.78, 5) is 21.4. The molecule has 0 N–H and O–H groups in total. The van der Waals surface area contributed by atoms with Crippen LogP contribution in [0.3, 0.4) is 0 Å². The third kappa shape index (κ3) is 15.1. The molecular formula is C40H58N2O3. The molecule has 3 aromatic rings. The SMILES string of the molecule is CCCCCCCCCCCCOc1cnc(-c2ccc(-c3ccc(OC(=O)CCC[C@@H](C)CCCCCC)cc3)cc2)nc1. The number of ether oxygens (including phenoxy) is 2. The van der Waals surface area contributed by atoms with E-state index in [2.05, 4.69) is 42.9 Å². The van der Waals surface area contributed by atoms with Crippen LogP contribution in [-0.4, -0.2) is 22.5 Å². The largest absolute Gasteiger partial charge is 0.490 e. The number of esters is 1. The van der Waals surface area contributed by atoms with Crippen LogP contribution in [-0.2, 0) is 4.79 Å². The molecule has 0 fully saturated rings. The predicted molar refractivity (Wildman–Crippen MR) is 188 cm³/mol. The van der Waals surface area contributed by atoms with Gasteiger partial charge < -0.3 is 9.47 Å². The van der Waals surface area contributed by atoms with E-state index in [1.165, 1.54) is 89.9 Å². The van der Waals surface area contributed by atoms with Crippen LogP contribution in [0.25, 0.3) is 22.5 Å². The fraction of sp³-hybridized carbons (Fsp3) is 0.575. The van der Waals surface area contributed by atoms with Crippen LogP contribution in [0.15, 0.2) is 60.9 Å². The highest BCUT2D eigenvalue weighted by atomic mass is 16.5. The normalized spacial score (nSPS) is 11.8. The lowest BCUT2D eigenvalue weighted by molar-refractivity contribution is -0.134. The molecule has 45 heavy (non-hydrogen) atoms. The summed E-state index contributed by atoms with van der Waals surface area (Å²) in [5, 5.41) is 0. The number of hydrogen-bond donors (Lipinski definition) is 0. The molecular weight excluding hydrogens is 556 g/mol. The zero-order valence-corrected chi connectivity index (χ0v) is 28.4. The Morgan fingerprint density at radius 2 is 1.09 bits per heavy atom. The summed E-state index contributed by atoms with van der Waals surface area (Å²) in [7, 11) is 0. The summed E-state index contributed by atoms with van der Waals surface area (Å²) in [6, 6.07) is 15.9. The molecule has 0 aliphatic heterocycles. The van der Waals surface area contributed by atoms with Crippen molar-refractivity contribution in [3.8, 4) is 34.0 Å². The number of rotatable bonds is 24. The number of unbranched alkanes of at least 4 members (excludes halogenated alkanes) is 12. The minimum atomic E-state index is -0.152. The second-order valence-electron chi connectivity index (χ2n) is 12.7. The maximum absolute atomic E-state index is 12.3. The van der Waals surface area contributed by atoms with Crippen LogP contribution in [0.2, 0.25) is 0 Å². The third-order valence-electron chi connectivity index (χ3n) is 8.59. The molecule has 1 heterocycles. The summed E-state index contributed by atoms with van der Waals surface area (Å²) in [6.45, 7) is 7.52. The fourth-order valence-electron chi connectivity index (χ4n) is 5.69. The molecule has 2 aromatic carbocycles. The van der Waals surface area contributed by atoms with Gasteiger partial charge in [0.05, 0.1) is 19.0 Å². The van der Waals surface area contributed by atoms with Crippen molar-refractivity contribution in [2.75, 3.05) is 6.61 Å². The number of carbonyl (C=O) groups is 1. The van der Waals surface area contributed by atoms with Crippen molar-refractivity contribution in [2.45, 2.75) is 136 Å². The molecule has 0 radical (unpaired) electrons. The average Bonchev–Trinajstić information content (AvgIpc) is 3.06. The van der Waals surface area contributed by atoms with E-state index in [0.29, 0.717) is 30.5 Å². The third-order valence-corrected chi connectivity index (χ3v) is 8.59. The highest BCUT2D eigenvalue weighted by Crippen LogP contribution is 2.26. The molecule has 0 aliphatic rings. The van der Waals surface area contributed by atoms with E-state index in [1.807, 2.05) is 36.4 Å². The molecule has 246 valence electrons. The molecule has 0 aliphatic carbocycles. The molecule has 5 nitrogen and oxygen atoms in total. The summed E-state index contributed by atoms with van der Waals surface area (Å²) in [5.74, 6) is 2.52. The minimum absolute atomic E-state index is 0.152. The number of carbonyl (C=O) groups excluding carboxylic acids is 1. The second-order valence-corrected chi connectivity index (χ2v) is 12.7. The summed E-state index contributed by atoms with van der Waals surface area (Å²) < 4.78 is 11.5. The zero-order chi connectivity index (χ0) is 32.0. The zero-order valence-electron chi connectivity index (χ0n) is 28.4. The van der Waals surface area contributed by atoms with Crippen molar-refractivity contribution in [3.63, 3.8) is 0 Å². The maximum atomic E-state index is 12.3. The van der Waals surface area contributed by atoms with Crippen molar-refractivity contribution in [1.82, 2.24) is 9.97 Å². The van der Waals surface area contributed by atoms with Crippen LogP contribution >= 0.6 is 0 Å². The van der Waals surface area contributed by atoms with Gasteiger partial charge in [-0.2, -0.15) is 0 Å². The summed E-state index contributed by atoms with van der Waals surface area (Å²) in [5.41, 5.74) is 3.11. The number of hydrogen-bond acceptors (Lipinski definition) is 5. The molecule has 0 unspecified atom stereocenters. The van der Waals surface area contributed by atoms with Gasteiger partial charge in [0.25, 0.3) is 0 Å². The molecule has 5 heteroatoms. The van der Waals surface area contributed by atoms with Gasteiger partial charge in [-0.1, -0.05) is 153 Å². The number of aromatic nitrogens is 2. The Balaban J connectivity index is 1.33. The molecule has 0 saturated carbocycles. The quantitative estimate of drug-likeness (QED) is 0.0570. The molecule has 1 atom stereocenters. The molecule has 1 aromatic heterocycles. The van der Waals surface area contributed by atoms with Crippen LogP contribution < -0.4 is 9.47 Å². The van der Waals surface area contributed by atoms with Crippen LogP contribution in [0.1, 0.15) is 136 Å². The smallest absolute Gasteiger partial charge is 0.311 e. The van der Waals surface area contributed by atoms with Gasteiger partial charge in [-0.15, -0.1) is 0 Å². The van der Waals surface area contributed by atoms with Gasteiger partial charge in [-0.05, 0) is 42.0 Å². The average molecular weight is 615 g/mol. The highest BCUT2D eigenvalue weighted by molar-refractivity contribution is 5.73. The fourth-order valence-corrected chi connectivity index (χ4v) is 5.69. The monoisotopic (exact) mass is 614 g/mol. The van der Waals surface area contributed by atoms with E-state index in [0.717, 1.165) is 41.7 Å². The van der Waals surface area contributed by atoms with Crippen LogP contribution in [0, 0.1) is 5.92 Å². The van der Waals surface area contributed by atoms with Crippen LogP contribution in [0.4, 0.5) is 0 Å². The summed E-state index contributed by atoms with van der Waals surface area (Å²) >= 11 is 0. The maximum Gasteiger partial charge on any atom is 0.311 e. The van der Waals surface area contributed by atoms with Crippen molar-refractivity contribution < 1.29 is 14.3 Å². The Kier molecular flexibility index (Phi) is 18.0. The van der Waals surface area contributed by atoms with Gasteiger partial charge in [-0.3, -0.25) is 4.79 Å². The van der Waals surface area contributed by atoms with Crippen molar-refractivity contribution in [3.05, 3.63) is 60.9 Å². The second kappa shape index (κ2) is 22.3. The summed E-state index contributed by atoms with van der Waals surface area (Å²) in [6.07, 6.45) is 25.6. The Labute approximate surface area is 273 Å². The van der Waals surface area contributed by atoms with Gasteiger partial charge in [0.2, 0.25) is 0 Å². The van der Waals surface area contributed by atoms with E-state index in [-0.39, 0.29) is 5.97 Å². The minimum Gasteiger partial charge on any atom is -0.490 e. The molecule has 3 rings (SSSR count). The Morgan fingerprint density at radius 3 is 1.69 bits per heavy atom. The lowest BCUT2D eigenvalue weighted by Crippen LogP contribution is -2.08. The first kappa shape index (κ1) is 36.3. The van der Waals surface area contributed by atoms with Gasteiger partial charge in [0.15, 0.2) is 11.6 Å². The van der Waals surface area contributed by atoms with Gasteiger partial charge in [0, 0.05) is 12.0 Å². The molecule has 0 spiro atoms. The first-order chi connectivity index (χ1) is 22.1. The van der Waals surface area contributed by atoms with Crippen LogP contribution in [0.5, 0.6) is 11.5 Å². The standard InChI is InChI=1S/C40H58N2O3/c1-4-6-8-10-11-12-13-14-15-17-30-44-38-31-41-40(42-32-38)36-24-22-34(23-25-36)35-26-28-37(29-27-35)45-39(43)21-18-20-33(3)19-16-9-7-5-2/h22-29,31-33H,4-21,30H2,1-3H3/t33-/m0/s1. The topological polar surface area (TPSA) is 61.3 Å². The predicted octanol–water partition coefficient (Wildman–Crippen LogP) is 11.8. The first-order valence-corrected chi connectivity index (χ1v) is 18.0. The van der Waals surface area contributed by atoms with Crippen molar-refractivity contribution >= 4 is 5.97 Å². The van der Waals surface area contributed by atoms with Gasteiger partial charge in [-0.25, -0.2) is 9.97 Å². The molecule has 0 saturated heterocycles. The van der Waals surface area contributed by atoms with E-state index < -0.39 is 0 Å². The molecule has 0 bridgehead atoms. The van der Waals surface area contributed by atoms with Gasteiger partial charge >= 0.3 is 5.97 Å². The van der Waals surface area contributed by atoms with E-state index in [9.17, 15) is 4.79 Å². The van der Waals surface area contributed by atoms with E-state index in [4.69, 9.17) is 9.47 Å². The van der Waals surface area contributed by atoms with Crippen molar-refractivity contribution in [1.29, 1.82) is 0 Å². The highest BCUT2D eigenvalue weighted by Gasteiger charge is 2.09. The van der Waals surface area contributed by atoms with E-state index in [1.54, 1.807) is 12.4 Å². The lowest BCUT2D eigenvalue weighted by atomic mass is 9.97. The number of benzene rings is 2. The number of nitrogens with zero attached hydrogens (tertiary/aromatic N) is 2. The van der Waals surface area contributed by atoms with Crippen molar-refractivity contribution in [2.24, 2.45) is 5.92 Å². The first-order valence-electron chi connectivity index (χ1n) is 18.0. The Bertz CT molecular complexity index is 1180. The Morgan fingerprint density at radius 1 is 0.600 bits per heavy atom. The Hall–Kier alpha value is -3.21. The van der Waals surface area contributed by atoms with E-state index >= 15 is 0 Å². The van der Waals surface area contributed by atoms with Gasteiger partial charge in [0.1, 0.15) is 5.75 Å². The lowest BCUT2D eigenvalue weighted by Gasteiger charge is -2.11.